The number of benzene rings is 2. The number of anilines is 2. The molecule has 7 heteroatoms. The normalized spacial score (nSPS) is 15.1. The topological polar surface area (TPSA) is 13.0 Å². The Morgan fingerprint density at radius 2 is 0.938 bits per heavy atom. The van der Waals surface area contributed by atoms with Gasteiger partial charge in [-0.25, -0.2) is 0 Å². The van der Waals surface area contributed by atoms with Gasteiger partial charge in [0.1, 0.15) is 0 Å². The molecule has 32 heavy (non-hydrogen) atoms. The number of rotatable bonds is 4. The molecule has 2 aromatic rings. The SMILES string of the molecule is Cc1cc(C)c(N2C=CN(CN3C=CN(c4c(C)cc(C)cc4C)[CH-]3)[CH-]2)c(C)c1.[Br][Pt+2][Br]. The van der Waals surface area contributed by atoms with Crippen LogP contribution in [0.1, 0.15) is 33.4 Å². The molecule has 2 aliphatic rings. The van der Waals surface area contributed by atoms with Gasteiger partial charge < -0.3 is 19.6 Å². The van der Waals surface area contributed by atoms with Crippen LogP contribution in [0.4, 0.5) is 11.4 Å². The molecule has 0 unspecified atom stereocenters. The van der Waals surface area contributed by atoms with E-state index in [-0.39, 0.29) is 14.5 Å². The van der Waals surface area contributed by atoms with Gasteiger partial charge in [-0.15, -0.1) is 13.3 Å². The molecule has 4 nitrogen and oxygen atoms in total. The van der Waals surface area contributed by atoms with Crippen molar-refractivity contribution >= 4 is 38.0 Å². The monoisotopic (exact) mass is 739 g/mol. The molecule has 0 aromatic heterocycles. The number of hydrogen-bond donors (Lipinski definition) is 0. The van der Waals surface area contributed by atoms with Crippen molar-refractivity contribution in [3.8, 4) is 0 Å². The molecule has 0 fully saturated rings. The van der Waals surface area contributed by atoms with E-state index >= 15 is 0 Å². The number of nitrogens with zero attached hydrogens (tertiary/aromatic N) is 4. The van der Waals surface area contributed by atoms with Gasteiger partial charge in [-0.05, 0) is 88.6 Å². The molecule has 0 saturated carbocycles. The molecule has 0 N–H and O–H groups in total. The van der Waals surface area contributed by atoms with Gasteiger partial charge in [-0.3, -0.25) is 0 Å². The van der Waals surface area contributed by atoms with Gasteiger partial charge in [-0.2, -0.15) is 0 Å². The van der Waals surface area contributed by atoms with E-state index in [9.17, 15) is 0 Å². The first-order valence-corrected chi connectivity index (χ1v) is 20.3. The van der Waals surface area contributed by atoms with Gasteiger partial charge in [0, 0.05) is 18.0 Å². The molecule has 0 atom stereocenters. The third kappa shape index (κ3) is 6.01. The molecule has 174 valence electrons. The van der Waals surface area contributed by atoms with Crippen molar-refractivity contribution < 1.29 is 14.5 Å². The van der Waals surface area contributed by atoms with Crippen molar-refractivity contribution in [3.05, 3.63) is 95.8 Å². The van der Waals surface area contributed by atoms with E-state index in [0.717, 1.165) is 6.67 Å². The van der Waals surface area contributed by atoms with E-state index in [2.05, 4.69) is 150 Å². The summed E-state index contributed by atoms with van der Waals surface area (Å²) >= 11 is 6.56. The van der Waals surface area contributed by atoms with Crippen LogP contribution in [0.5, 0.6) is 0 Å². The van der Waals surface area contributed by atoms with E-state index in [1.165, 1.54) is 44.8 Å². The summed E-state index contributed by atoms with van der Waals surface area (Å²) in [5.41, 5.74) is 10.3. The van der Waals surface area contributed by atoms with E-state index in [4.69, 9.17) is 0 Å². The van der Waals surface area contributed by atoms with E-state index in [1.807, 2.05) is 0 Å². The molecule has 4 rings (SSSR count). The Morgan fingerprint density at radius 1 is 0.625 bits per heavy atom. The second-order valence-corrected chi connectivity index (χ2v) is 18.3. The molecule has 2 aromatic carbocycles. The average Bonchev–Trinajstić information content (AvgIpc) is 3.31. The molecular formula is C25H30Br2N4Pt. The average molecular weight is 741 g/mol. The summed E-state index contributed by atoms with van der Waals surface area (Å²) in [6, 6.07) is 8.98. The maximum absolute atomic E-state index is 3.17. The fraction of sp³-hybridized carbons (Fsp3) is 0.280. The van der Waals surface area contributed by atoms with Gasteiger partial charge in [0.2, 0.25) is 0 Å². The predicted molar refractivity (Wildman–Crippen MR) is 140 cm³/mol. The summed E-state index contributed by atoms with van der Waals surface area (Å²) in [7, 11) is 0. The third-order valence-corrected chi connectivity index (χ3v) is 5.50. The van der Waals surface area contributed by atoms with Crippen LogP contribution in [0.3, 0.4) is 0 Å². The van der Waals surface area contributed by atoms with Crippen molar-refractivity contribution in [1.29, 1.82) is 0 Å². The van der Waals surface area contributed by atoms with Crippen molar-refractivity contribution in [2.75, 3.05) is 16.5 Å². The zero-order chi connectivity index (χ0) is 23.4. The fourth-order valence-corrected chi connectivity index (χ4v) is 4.57. The molecule has 2 heterocycles. The minimum atomic E-state index is 0.208. The van der Waals surface area contributed by atoms with Crippen LogP contribution in [0.15, 0.2) is 49.1 Å². The van der Waals surface area contributed by atoms with E-state index in [0.29, 0.717) is 0 Å². The Kier molecular flexibility index (Phi) is 8.94. The molecule has 0 saturated heterocycles. The van der Waals surface area contributed by atoms with Crippen LogP contribution in [-0.4, -0.2) is 16.5 Å². The first-order valence-electron chi connectivity index (χ1n) is 10.4. The van der Waals surface area contributed by atoms with Crippen LogP contribution in [-0.2, 0) is 14.5 Å². The Balaban J connectivity index is 0.000000913. The standard InChI is InChI=1S/C25H30N4.2BrH.Pt/c1-18-11-20(3)24(21(4)12-18)28-9-7-26(16-28)15-27-8-10-29(17-27)25-22(5)13-19(2)14-23(25)6;;;/h7-14,16-17H,15H2,1-6H3;2*1H;/q-2;;;+4/p-2. The molecule has 0 aliphatic carbocycles. The minimum absolute atomic E-state index is 0.208. The number of aryl methyl sites for hydroxylation is 6. The molecule has 0 radical (unpaired) electrons. The van der Waals surface area contributed by atoms with Crippen LogP contribution >= 0.6 is 26.6 Å². The maximum atomic E-state index is 3.17. The Hall–Kier alpha value is -1.23. The molecule has 0 amide bonds. The zero-order valence-electron chi connectivity index (χ0n) is 19.3. The van der Waals surface area contributed by atoms with Gasteiger partial charge >= 0.3 is 41.0 Å². The first-order chi connectivity index (χ1) is 15.2. The molecule has 0 spiro atoms. The van der Waals surface area contributed by atoms with Crippen molar-refractivity contribution in [2.45, 2.75) is 41.5 Å². The van der Waals surface area contributed by atoms with E-state index < -0.39 is 0 Å². The van der Waals surface area contributed by atoms with Gasteiger partial charge in [-0.1, -0.05) is 35.4 Å². The second-order valence-electron chi connectivity index (χ2n) is 8.35. The van der Waals surface area contributed by atoms with Crippen LogP contribution in [0.2, 0.25) is 0 Å². The molecular weight excluding hydrogens is 711 g/mol. The van der Waals surface area contributed by atoms with Crippen LogP contribution in [0, 0.1) is 54.9 Å². The molecule has 2 aliphatic heterocycles. The summed E-state index contributed by atoms with van der Waals surface area (Å²) in [5, 5.41) is 0. The van der Waals surface area contributed by atoms with Gasteiger partial charge in [0.15, 0.2) is 0 Å². The Labute approximate surface area is 214 Å². The van der Waals surface area contributed by atoms with Crippen molar-refractivity contribution in [3.63, 3.8) is 0 Å². The van der Waals surface area contributed by atoms with E-state index in [1.54, 1.807) is 0 Å². The van der Waals surface area contributed by atoms with Crippen molar-refractivity contribution in [1.82, 2.24) is 9.80 Å². The Morgan fingerprint density at radius 3 is 1.25 bits per heavy atom. The summed E-state index contributed by atoms with van der Waals surface area (Å²) in [5.74, 6) is 0. The van der Waals surface area contributed by atoms with Crippen LogP contribution < -0.4 is 9.80 Å². The zero-order valence-corrected chi connectivity index (χ0v) is 24.8. The third-order valence-electron chi connectivity index (χ3n) is 5.50. The van der Waals surface area contributed by atoms with Crippen molar-refractivity contribution in [2.24, 2.45) is 0 Å². The predicted octanol–water partition coefficient (Wildman–Crippen LogP) is 7.31. The quantitative estimate of drug-likeness (QED) is 0.305. The summed E-state index contributed by atoms with van der Waals surface area (Å²) in [6.45, 7) is 18.1. The van der Waals surface area contributed by atoms with Gasteiger partial charge in [0.05, 0.1) is 0 Å². The van der Waals surface area contributed by atoms with Crippen LogP contribution in [0.25, 0.3) is 0 Å². The number of halogens is 2. The first kappa shape index (κ1) is 25.4. The van der Waals surface area contributed by atoms with Gasteiger partial charge in [0.25, 0.3) is 0 Å². The summed E-state index contributed by atoms with van der Waals surface area (Å²) in [4.78, 5) is 8.85. The second kappa shape index (κ2) is 11.3. The summed E-state index contributed by atoms with van der Waals surface area (Å²) < 4.78 is 0. The fourth-order valence-electron chi connectivity index (χ4n) is 4.57. The Bertz CT molecular complexity index is 895. The summed E-state index contributed by atoms with van der Waals surface area (Å²) in [6.07, 6.45) is 8.53. The molecule has 0 bridgehead atoms. The number of hydrogen-bond acceptors (Lipinski definition) is 4.